The Bertz CT molecular complexity index is 1560. The van der Waals surface area contributed by atoms with Crippen LogP contribution in [0.5, 0.6) is 0 Å². The third-order valence-corrected chi connectivity index (χ3v) is 8.28. The minimum atomic E-state index is -3.42. The van der Waals surface area contributed by atoms with Crippen molar-refractivity contribution in [3.05, 3.63) is 99.6 Å². The third kappa shape index (κ3) is 13.3. The predicted octanol–water partition coefficient (Wildman–Crippen LogP) is 7.19. The van der Waals surface area contributed by atoms with Crippen LogP contribution in [0.2, 0.25) is 10.0 Å². The minimum Gasteiger partial charge on any atom is -0.444 e. The number of carbonyl (C=O) groups excluding carboxylic acids is 3. The highest BCUT2D eigenvalue weighted by Crippen LogP contribution is 2.35. The zero-order chi connectivity index (χ0) is 35.9. The molecule has 0 aromatic heterocycles. The van der Waals surface area contributed by atoms with Crippen molar-refractivity contribution in [1.29, 1.82) is 0 Å². The summed E-state index contributed by atoms with van der Waals surface area (Å²) in [6.07, 6.45) is 7.06. The van der Waals surface area contributed by atoms with Gasteiger partial charge in [-0.25, -0.2) is 13.2 Å². The number of nitrogens with one attached hydrogen (secondary N) is 1. The van der Waals surface area contributed by atoms with Crippen molar-refractivity contribution in [3.63, 3.8) is 0 Å². The minimum absolute atomic E-state index is 0.0412. The molecule has 2 aromatic rings. The molecule has 1 heterocycles. The van der Waals surface area contributed by atoms with Crippen LogP contribution >= 0.6 is 23.2 Å². The number of methoxy groups -OCH3 is 1. The number of carbonyl (C=O) groups is 3. The normalized spacial score (nSPS) is 13.4. The second kappa shape index (κ2) is 19.4. The van der Waals surface area contributed by atoms with Gasteiger partial charge in [0.15, 0.2) is 9.84 Å². The molecule has 1 aliphatic rings. The van der Waals surface area contributed by atoms with Gasteiger partial charge in [-0.05, 0) is 74.1 Å². The molecule has 0 saturated carbocycles. The topological polar surface area (TPSA) is 119 Å². The first kappa shape index (κ1) is 41.6. The van der Waals surface area contributed by atoms with Gasteiger partial charge in [0, 0.05) is 26.5 Å². The number of sulfone groups is 1. The molecule has 1 aliphatic heterocycles. The Morgan fingerprint density at radius 3 is 2.34 bits per heavy atom. The first-order valence-corrected chi connectivity index (χ1v) is 17.6. The summed E-state index contributed by atoms with van der Waals surface area (Å²) in [4.78, 5) is 38.9. The van der Waals surface area contributed by atoms with Gasteiger partial charge in [0.25, 0.3) is 5.91 Å². The first-order chi connectivity index (χ1) is 22.0. The molecule has 0 unspecified atom stereocenters. The maximum absolute atomic E-state index is 13.1. The van der Waals surface area contributed by atoms with Crippen molar-refractivity contribution in [2.75, 3.05) is 26.5 Å². The Balaban J connectivity index is 0.000000867. The van der Waals surface area contributed by atoms with Crippen LogP contribution < -0.4 is 5.32 Å². The average molecular weight is 710 g/mol. The molecule has 1 N–H and O–H groups in total. The van der Waals surface area contributed by atoms with Crippen LogP contribution in [0, 0.1) is 0 Å². The maximum atomic E-state index is 13.1. The molecule has 9 nitrogen and oxygen atoms in total. The number of hydrogen-bond acceptors (Lipinski definition) is 7. The molecular formula is C35H46Cl2N2O7S. The van der Waals surface area contributed by atoms with Crippen LogP contribution in [0.4, 0.5) is 4.79 Å². The van der Waals surface area contributed by atoms with Crippen molar-refractivity contribution in [2.45, 2.75) is 70.5 Å². The van der Waals surface area contributed by atoms with Crippen LogP contribution in [-0.4, -0.2) is 69.8 Å². The summed E-state index contributed by atoms with van der Waals surface area (Å²) in [6, 6.07) is 6.84. The summed E-state index contributed by atoms with van der Waals surface area (Å²) in [5.41, 5.74) is 2.44. The van der Waals surface area contributed by atoms with Crippen molar-refractivity contribution in [1.82, 2.24) is 10.2 Å². The van der Waals surface area contributed by atoms with E-state index in [0.717, 1.165) is 11.8 Å². The van der Waals surface area contributed by atoms with Crippen LogP contribution in [0.25, 0.3) is 0 Å². The van der Waals surface area contributed by atoms with E-state index in [2.05, 4.69) is 18.5 Å². The molecule has 2 amide bonds. The molecule has 0 spiro atoms. The summed E-state index contributed by atoms with van der Waals surface area (Å²) in [7, 11) is -1.76. The van der Waals surface area contributed by atoms with Gasteiger partial charge < -0.3 is 24.5 Å². The van der Waals surface area contributed by atoms with Crippen molar-refractivity contribution in [2.24, 2.45) is 0 Å². The highest BCUT2D eigenvalue weighted by atomic mass is 35.5. The summed E-state index contributed by atoms with van der Waals surface area (Å²) >= 11 is 13.0. The molecule has 0 aliphatic carbocycles. The molecule has 1 atom stereocenters. The lowest BCUT2D eigenvalue weighted by Crippen LogP contribution is -2.40. The Morgan fingerprint density at radius 1 is 1.15 bits per heavy atom. The molecule has 0 bridgehead atoms. The number of fused-ring (bicyclic) bond motifs is 1. The largest absolute Gasteiger partial charge is 0.444 e. The number of ether oxygens (including phenoxy) is 2. The zero-order valence-electron chi connectivity index (χ0n) is 28.2. The van der Waals surface area contributed by atoms with E-state index in [4.69, 9.17) is 32.7 Å². The van der Waals surface area contributed by atoms with Gasteiger partial charge in [0.1, 0.15) is 11.9 Å². The van der Waals surface area contributed by atoms with Crippen molar-refractivity contribution in [3.8, 4) is 0 Å². The number of amides is 2. The van der Waals surface area contributed by atoms with Gasteiger partial charge in [-0.15, -0.1) is 0 Å². The van der Waals surface area contributed by atoms with E-state index in [1.807, 2.05) is 19.9 Å². The van der Waals surface area contributed by atoms with Gasteiger partial charge in [-0.2, -0.15) is 0 Å². The summed E-state index contributed by atoms with van der Waals surface area (Å²) < 4.78 is 33.9. The standard InChI is InChI=1S/C25H28Cl2N2O6S.C8H12O.C2H6/c1-25(2,3)35-24(32)29-9-8-19-16(13-29)12-20(26)21(22(19)27)23(31)28-17(14-30)10-15-6-5-7-18(11-15)36(4,33)34;1-4-6-8(5-2)7-9-3;1-2/h5-7,11-12,14,17H,8-10,13H2,1-4H3,(H,28,31);4-6H,1-2,7H2,3H3;1-2H3/b;8-6+;/t17-;;/m0../s1. The van der Waals surface area contributed by atoms with Crippen LogP contribution in [0.15, 0.2) is 72.2 Å². The summed E-state index contributed by atoms with van der Waals surface area (Å²) in [5, 5.41) is 2.88. The zero-order valence-corrected chi connectivity index (χ0v) is 30.5. The van der Waals surface area contributed by atoms with Gasteiger partial charge in [0.05, 0.1) is 33.2 Å². The van der Waals surface area contributed by atoms with E-state index in [0.29, 0.717) is 42.5 Å². The van der Waals surface area contributed by atoms with Gasteiger partial charge in [-0.3, -0.25) is 4.79 Å². The fraction of sp³-hybridized carbons (Fsp3) is 0.400. The number of rotatable bonds is 10. The Kier molecular flexibility index (Phi) is 17.2. The smallest absolute Gasteiger partial charge is 0.410 e. The van der Waals surface area contributed by atoms with Gasteiger partial charge in [-0.1, -0.05) is 80.6 Å². The molecule has 12 heteroatoms. The number of nitrogens with zero attached hydrogens (tertiary/aromatic N) is 1. The van der Waals surface area contributed by atoms with Gasteiger partial charge >= 0.3 is 6.09 Å². The number of halogens is 2. The predicted molar refractivity (Wildman–Crippen MR) is 189 cm³/mol. The number of allylic oxidation sites excluding steroid dienone is 2. The quantitative estimate of drug-likeness (QED) is 0.205. The SMILES string of the molecule is C=C/C=C(\C=C)COC.CC.CC(C)(C)OC(=O)N1CCc2c(cc(Cl)c(C(=O)N[C@H](C=O)Cc3cccc(S(C)(=O)=O)c3)c2Cl)C1. The van der Waals surface area contributed by atoms with Crippen LogP contribution in [0.1, 0.15) is 61.7 Å². The summed E-state index contributed by atoms with van der Waals surface area (Å²) in [5.74, 6) is -0.626. The van der Waals surface area contributed by atoms with Gasteiger partial charge in [0.2, 0.25) is 0 Å². The number of hydrogen-bond donors (Lipinski definition) is 1. The second-order valence-corrected chi connectivity index (χ2v) is 14.1. The Hall–Kier alpha value is -3.44. The fourth-order valence-electron chi connectivity index (χ4n) is 4.37. The van der Waals surface area contributed by atoms with E-state index in [1.54, 1.807) is 63.1 Å². The molecule has 0 fully saturated rings. The van der Waals surface area contributed by atoms with Crippen molar-refractivity contribution < 1.29 is 32.3 Å². The van der Waals surface area contributed by atoms with E-state index >= 15 is 0 Å². The second-order valence-electron chi connectivity index (χ2n) is 11.3. The molecule has 3 rings (SSSR count). The van der Waals surface area contributed by atoms with E-state index < -0.39 is 33.5 Å². The number of benzene rings is 2. The summed E-state index contributed by atoms with van der Waals surface area (Å²) in [6.45, 7) is 17.7. The van der Waals surface area contributed by atoms with E-state index in [9.17, 15) is 22.8 Å². The highest BCUT2D eigenvalue weighted by molar-refractivity contribution is 7.90. The van der Waals surface area contributed by atoms with Crippen LogP contribution in [0.3, 0.4) is 0 Å². The van der Waals surface area contributed by atoms with Crippen LogP contribution in [-0.2, 0) is 43.5 Å². The molecule has 0 saturated heterocycles. The maximum Gasteiger partial charge on any atom is 0.410 e. The molecule has 2 aromatic carbocycles. The molecule has 47 heavy (non-hydrogen) atoms. The van der Waals surface area contributed by atoms with E-state index in [-0.39, 0.29) is 33.5 Å². The average Bonchev–Trinajstić information content (AvgIpc) is 3.00. The van der Waals surface area contributed by atoms with Crippen molar-refractivity contribution >= 4 is 51.3 Å². The molecule has 258 valence electrons. The number of aldehydes is 1. The molecular weight excluding hydrogens is 663 g/mol. The fourth-order valence-corrected chi connectivity index (χ4v) is 5.82. The Morgan fingerprint density at radius 2 is 1.81 bits per heavy atom. The lowest BCUT2D eigenvalue weighted by atomic mass is 9.96. The monoisotopic (exact) mass is 708 g/mol. The third-order valence-electron chi connectivity index (χ3n) is 6.45. The highest BCUT2D eigenvalue weighted by Gasteiger charge is 2.30. The van der Waals surface area contributed by atoms with E-state index in [1.165, 1.54) is 12.1 Å². The first-order valence-electron chi connectivity index (χ1n) is 15.0. The molecule has 0 radical (unpaired) electrons. The Labute approximate surface area is 289 Å². The lowest BCUT2D eigenvalue weighted by molar-refractivity contribution is -0.109. The lowest BCUT2D eigenvalue weighted by Gasteiger charge is -2.32.